The van der Waals surface area contributed by atoms with E-state index in [-0.39, 0.29) is 0 Å². The van der Waals surface area contributed by atoms with Gasteiger partial charge in [-0.25, -0.2) is 0 Å². The van der Waals surface area contributed by atoms with Crippen LogP contribution in [-0.4, -0.2) is 30.6 Å². The lowest BCUT2D eigenvalue weighted by molar-refractivity contribution is 0.221. The van der Waals surface area contributed by atoms with E-state index in [0.717, 1.165) is 19.5 Å². The van der Waals surface area contributed by atoms with Crippen LogP contribution in [0.25, 0.3) is 0 Å². The summed E-state index contributed by atoms with van der Waals surface area (Å²) in [4.78, 5) is 2.48. The molecule has 68 valence electrons. The van der Waals surface area contributed by atoms with Crippen LogP contribution in [-0.2, 0) is 0 Å². The van der Waals surface area contributed by atoms with Crippen LogP contribution in [0.15, 0.2) is 0 Å². The van der Waals surface area contributed by atoms with Crippen molar-refractivity contribution in [2.24, 2.45) is 5.73 Å². The first-order chi connectivity index (χ1) is 5.22. The molecule has 0 saturated carbocycles. The summed E-state index contributed by atoms with van der Waals surface area (Å²) >= 11 is 0. The predicted octanol–water partition coefficient (Wildman–Crippen LogP) is 1.46. The third-order valence-corrected chi connectivity index (χ3v) is 1.89. The summed E-state index contributed by atoms with van der Waals surface area (Å²) in [6, 6.07) is 0.668. The molecule has 0 saturated heterocycles. The van der Waals surface area contributed by atoms with Gasteiger partial charge in [-0.05, 0) is 46.3 Å². The monoisotopic (exact) mass is 158 g/mol. The SMILES string of the molecule is CCCN(CCCN)C(C)C. The van der Waals surface area contributed by atoms with Crippen LogP contribution in [0.1, 0.15) is 33.6 Å². The standard InChI is InChI=1S/C9H22N2/c1-4-7-11(9(2)3)8-5-6-10/h9H,4-8,10H2,1-3H3. The lowest BCUT2D eigenvalue weighted by atomic mass is 10.2. The lowest BCUT2D eigenvalue weighted by Crippen LogP contribution is -2.33. The van der Waals surface area contributed by atoms with Gasteiger partial charge in [0.25, 0.3) is 0 Å². The van der Waals surface area contributed by atoms with Crippen LogP contribution in [0.2, 0.25) is 0 Å². The fourth-order valence-corrected chi connectivity index (χ4v) is 1.21. The highest BCUT2D eigenvalue weighted by molar-refractivity contribution is 4.61. The van der Waals surface area contributed by atoms with E-state index in [4.69, 9.17) is 5.73 Å². The first-order valence-corrected chi connectivity index (χ1v) is 4.66. The molecule has 0 atom stereocenters. The Bertz CT molecular complexity index is 81.6. The summed E-state index contributed by atoms with van der Waals surface area (Å²) in [5.41, 5.74) is 5.45. The van der Waals surface area contributed by atoms with E-state index in [9.17, 15) is 0 Å². The molecule has 2 heteroatoms. The molecule has 0 bridgehead atoms. The second-order valence-electron chi connectivity index (χ2n) is 3.27. The molecule has 0 fully saturated rings. The molecule has 0 aromatic rings. The van der Waals surface area contributed by atoms with Gasteiger partial charge in [0.2, 0.25) is 0 Å². The highest BCUT2D eigenvalue weighted by Gasteiger charge is 2.05. The van der Waals surface area contributed by atoms with Crippen molar-refractivity contribution in [2.45, 2.75) is 39.7 Å². The van der Waals surface area contributed by atoms with Gasteiger partial charge in [-0.15, -0.1) is 0 Å². The summed E-state index contributed by atoms with van der Waals surface area (Å²) in [6.45, 7) is 9.88. The second kappa shape index (κ2) is 6.62. The smallest absolute Gasteiger partial charge is 0.00385 e. The van der Waals surface area contributed by atoms with Crippen LogP contribution in [0.3, 0.4) is 0 Å². The van der Waals surface area contributed by atoms with Crippen LogP contribution in [0.4, 0.5) is 0 Å². The molecule has 0 amide bonds. The number of nitrogens with two attached hydrogens (primary N) is 1. The first-order valence-electron chi connectivity index (χ1n) is 4.66. The fourth-order valence-electron chi connectivity index (χ4n) is 1.21. The van der Waals surface area contributed by atoms with E-state index in [1.165, 1.54) is 13.0 Å². The first kappa shape index (κ1) is 10.9. The maximum Gasteiger partial charge on any atom is 0.00385 e. The number of hydrogen-bond donors (Lipinski definition) is 1. The Labute approximate surface area is 70.8 Å². The van der Waals surface area contributed by atoms with Gasteiger partial charge >= 0.3 is 0 Å². The molecule has 0 aromatic heterocycles. The Morgan fingerprint density at radius 2 is 1.91 bits per heavy atom. The van der Waals surface area contributed by atoms with Crippen molar-refractivity contribution in [3.63, 3.8) is 0 Å². The predicted molar refractivity (Wildman–Crippen MR) is 50.7 cm³/mol. The average molecular weight is 158 g/mol. The molecule has 0 radical (unpaired) electrons. The number of rotatable bonds is 6. The number of hydrogen-bond acceptors (Lipinski definition) is 2. The van der Waals surface area contributed by atoms with Gasteiger partial charge in [0, 0.05) is 6.04 Å². The third kappa shape index (κ3) is 5.22. The second-order valence-corrected chi connectivity index (χ2v) is 3.27. The van der Waals surface area contributed by atoms with Crippen molar-refractivity contribution in [2.75, 3.05) is 19.6 Å². The van der Waals surface area contributed by atoms with E-state index >= 15 is 0 Å². The van der Waals surface area contributed by atoms with Gasteiger partial charge in [0.05, 0.1) is 0 Å². The van der Waals surface area contributed by atoms with Crippen molar-refractivity contribution in [3.05, 3.63) is 0 Å². The molecule has 0 aliphatic rings. The molecular weight excluding hydrogens is 136 g/mol. The van der Waals surface area contributed by atoms with Crippen molar-refractivity contribution >= 4 is 0 Å². The van der Waals surface area contributed by atoms with Crippen LogP contribution >= 0.6 is 0 Å². The highest BCUT2D eigenvalue weighted by Crippen LogP contribution is 1.99. The zero-order chi connectivity index (χ0) is 8.69. The topological polar surface area (TPSA) is 29.3 Å². The normalized spacial score (nSPS) is 11.5. The summed E-state index contributed by atoms with van der Waals surface area (Å²) in [5.74, 6) is 0. The fraction of sp³-hybridized carbons (Fsp3) is 1.00. The molecule has 0 heterocycles. The van der Waals surface area contributed by atoms with Crippen molar-refractivity contribution in [1.82, 2.24) is 4.90 Å². The largest absolute Gasteiger partial charge is 0.330 e. The Kier molecular flexibility index (Phi) is 6.57. The van der Waals surface area contributed by atoms with E-state index in [1.54, 1.807) is 0 Å². The highest BCUT2D eigenvalue weighted by atomic mass is 15.1. The molecule has 2 nitrogen and oxygen atoms in total. The molecule has 0 aliphatic heterocycles. The van der Waals surface area contributed by atoms with E-state index in [2.05, 4.69) is 25.7 Å². The molecular formula is C9H22N2. The van der Waals surface area contributed by atoms with Crippen LogP contribution < -0.4 is 5.73 Å². The zero-order valence-corrected chi connectivity index (χ0v) is 8.14. The minimum atomic E-state index is 0.668. The molecule has 0 rings (SSSR count). The molecule has 0 spiro atoms. The van der Waals surface area contributed by atoms with E-state index < -0.39 is 0 Å². The van der Waals surface area contributed by atoms with Gasteiger partial charge in [-0.2, -0.15) is 0 Å². The summed E-state index contributed by atoms with van der Waals surface area (Å²) < 4.78 is 0. The van der Waals surface area contributed by atoms with E-state index in [0.29, 0.717) is 6.04 Å². The molecule has 0 aliphatic carbocycles. The summed E-state index contributed by atoms with van der Waals surface area (Å²) in [7, 11) is 0. The van der Waals surface area contributed by atoms with Crippen LogP contribution in [0.5, 0.6) is 0 Å². The minimum absolute atomic E-state index is 0.668. The quantitative estimate of drug-likeness (QED) is 0.634. The molecule has 0 aromatic carbocycles. The van der Waals surface area contributed by atoms with Crippen molar-refractivity contribution < 1.29 is 0 Å². The Morgan fingerprint density at radius 1 is 1.27 bits per heavy atom. The van der Waals surface area contributed by atoms with Gasteiger partial charge in [0.15, 0.2) is 0 Å². The van der Waals surface area contributed by atoms with Gasteiger partial charge in [-0.3, -0.25) is 0 Å². The van der Waals surface area contributed by atoms with Gasteiger partial charge in [0.1, 0.15) is 0 Å². The maximum atomic E-state index is 5.45. The lowest BCUT2D eigenvalue weighted by Gasteiger charge is -2.25. The summed E-state index contributed by atoms with van der Waals surface area (Å²) in [6.07, 6.45) is 2.36. The van der Waals surface area contributed by atoms with Crippen molar-refractivity contribution in [1.29, 1.82) is 0 Å². The van der Waals surface area contributed by atoms with Crippen molar-refractivity contribution in [3.8, 4) is 0 Å². The molecule has 2 N–H and O–H groups in total. The van der Waals surface area contributed by atoms with Crippen LogP contribution in [0, 0.1) is 0 Å². The third-order valence-electron chi connectivity index (χ3n) is 1.89. The number of nitrogens with zero attached hydrogens (tertiary/aromatic N) is 1. The maximum absolute atomic E-state index is 5.45. The van der Waals surface area contributed by atoms with Gasteiger partial charge in [-0.1, -0.05) is 6.92 Å². The van der Waals surface area contributed by atoms with E-state index in [1.807, 2.05) is 0 Å². The molecule has 11 heavy (non-hydrogen) atoms. The average Bonchev–Trinajstić information content (AvgIpc) is 1.97. The minimum Gasteiger partial charge on any atom is -0.330 e. The van der Waals surface area contributed by atoms with Gasteiger partial charge < -0.3 is 10.6 Å². The Balaban J connectivity index is 3.51. The Hall–Kier alpha value is -0.0800. The molecule has 0 unspecified atom stereocenters. The summed E-state index contributed by atoms with van der Waals surface area (Å²) in [5, 5.41) is 0. The Morgan fingerprint density at radius 3 is 2.27 bits per heavy atom. The zero-order valence-electron chi connectivity index (χ0n) is 8.14.